The molecule has 4 nitrogen and oxygen atoms in total. The van der Waals surface area contributed by atoms with Crippen LogP contribution in [0.4, 0.5) is 18.9 Å². The number of para-hydroxylation sites is 1. The Balaban J connectivity index is 3.00. The lowest BCUT2D eigenvalue weighted by molar-refractivity contribution is -0.136. The van der Waals surface area contributed by atoms with Crippen LogP contribution in [0.1, 0.15) is 15.9 Å². The van der Waals surface area contributed by atoms with Gasteiger partial charge in [0.25, 0.3) is 5.91 Å². The Morgan fingerprint density at radius 1 is 1.20 bits per heavy atom. The van der Waals surface area contributed by atoms with Crippen molar-refractivity contribution in [2.75, 3.05) is 40.0 Å². The molecule has 1 aromatic rings. The molecule has 0 fully saturated rings. The topological polar surface area (TPSA) is 49.6 Å². The standard InChI is InChI=1S/C13H18F3N3O/c1-18(2)7-8-19(3)12(20)9-5-4-6-10(11(9)17)13(14,15)16/h4-6H,7-8,17H2,1-3H3. The Bertz CT molecular complexity index is 486. The lowest BCUT2D eigenvalue weighted by Crippen LogP contribution is -2.34. The highest BCUT2D eigenvalue weighted by Crippen LogP contribution is 2.35. The second kappa shape index (κ2) is 6.13. The molecule has 0 aliphatic heterocycles. The van der Waals surface area contributed by atoms with Gasteiger partial charge < -0.3 is 15.5 Å². The van der Waals surface area contributed by atoms with Gasteiger partial charge in [-0.3, -0.25) is 4.79 Å². The molecule has 0 atom stereocenters. The number of anilines is 1. The van der Waals surface area contributed by atoms with E-state index in [0.29, 0.717) is 13.1 Å². The van der Waals surface area contributed by atoms with E-state index < -0.39 is 23.3 Å². The number of nitrogen functional groups attached to an aromatic ring is 1. The number of halogens is 3. The maximum Gasteiger partial charge on any atom is 0.418 e. The van der Waals surface area contributed by atoms with Gasteiger partial charge in [-0.1, -0.05) is 6.07 Å². The monoisotopic (exact) mass is 289 g/mol. The molecule has 1 amide bonds. The van der Waals surface area contributed by atoms with Crippen LogP contribution in [0.2, 0.25) is 0 Å². The summed E-state index contributed by atoms with van der Waals surface area (Å²) in [6.07, 6.45) is -4.57. The number of benzene rings is 1. The average Bonchev–Trinajstić information content (AvgIpc) is 2.33. The molecule has 0 spiro atoms. The van der Waals surface area contributed by atoms with Crippen LogP contribution in [-0.2, 0) is 6.18 Å². The lowest BCUT2D eigenvalue weighted by Gasteiger charge is -2.21. The first-order valence-corrected chi connectivity index (χ1v) is 6.00. The number of nitrogens with two attached hydrogens (primary N) is 1. The highest BCUT2D eigenvalue weighted by Gasteiger charge is 2.34. The second-order valence-electron chi connectivity index (χ2n) is 4.79. The number of hydrogen-bond acceptors (Lipinski definition) is 3. The van der Waals surface area contributed by atoms with E-state index in [4.69, 9.17) is 5.73 Å². The molecule has 0 aliphatic carbocycles. The Morgan fingerprint density at radius 3 is 2.30 bits per heavy atom. The van der Waals surface area contributed by atoms with E-state index >= 15 is 0 Å². The number of hydrogen-bond donors (Lipinski definition) is 1. The Morgan fingerprint density at radius 2 is 1.80 bits per heavy atom. The summed E-state index contributed by atoms with van der Waals surface area (Å²) in [4.78, 5) is 15.3. The van der Waals surface area contributed by atoms with Crippen molar-refractivity contribution in [3.05, 3.63) is 29.3 Å². The van der Waals surface area contributed by atoms with Gasteiger partial charge >= 0.3 is 6.18 Å². The van der Waals surface area contributed by atoms with Gasteiger partial charge in [0.2, 0.25) is 0 Å². The quantitative estimate of drug-likeness (QED) is 0.862. The molecule has 2 N–H and O–H groups in total. The molecule has 0 saturated carbocycles. The summed E-state index contributed by atoms with van der Waals surface area (Å²) >= 11 is 0. The Labute approximate surface area is 116 Å². The fourth-order valence-electron chi connectivity index (χ4n) is 1.66. The van der Waals surface area contributed by atoms with Gasteiger partial charge in [0.1, 0.15) is 0 Å². The Kier molecular flexibility index (Phi) is 4.99. The van der Waals surface area contributed by atoms with Crippen LogP contribution >= 0.6 is 0 Å². The van der Waals surface area contributed by atoms with E-state index in [-0.39, 0.29) is 5.56 Å². The SMILES string of the molecule is CN(C)CCN(C)C(=O)c1cccc(C(F)(F)F)c1N. The zero-order valence-corrected chi connectivity index (χ0v) is 11.7. The van der Waals surface area contributed by atoms with Crippen molar-refractivity contribution in [2.45, 2.75) is 6.18 Å². The predicted molar refractivity (Wildman–Crippen MR) is 71.4 cm³/mol. The molecule has 0 saturated heterocycles. The zero-order valence-electron chi connectivity index (χ0n) is 11.7. The van der Waals surface area contributed by atoms with Crippen LogP contribution in [0.3, 0.4) is 0 Å². The Hall–Kier alpha value is -1.76. The summed E-state index contributed by atoms with van der Waals surface area (Å²) in [7, 11) is 5.22. The van der Waals surface area contributed by atoms with Gasteiger partial charge in [0.05, 0.1) is 16.8 Å². The van der Waals surface area contributed by atoms with Crippen molar-refractivity contribution in [3.63, 3.8) is 0 Å². The third-order valence-corrected chi connectivity index (χ3v) is 2.87. The summed E-state index contributed by atoms with van der Waals surface area (Å²) in [5, 5.41) is 0. The van der Waals surface area contributed by atoms with Crippen LogP contribution in [-0.4, -0.2) is 49.9 Å². The molecule has 0 aromatic heterocycles. The van der Waals surface area contributed by atoms with Crippen molar-refractivity contribution in [1.29, 1.82) is 0 Å². The normalized spacial score (nSPS) is 11.8. The first kappa shape index (κ1) is 16.3. The minimum absolute atomic E-state index is 0.124. The highest BCUT2D eigenvalue weighted by molar-refractivity contribution is 5.99. The molecule has 0 radical (unpaired) electrons. The van der Waals surface area contributed by atoms with Crippen LogP contribution in [0.5, 0.6) is 0 Å². The molecular weight excluding hydrogens is 271 g/mol. The van der Waals surface area contributed by atoms with E-state index in [1.54, 1.807) is 0 Å². The molecule has 1 rings (SSSR count). The smallest absolute Gasteiger partial charge is 0.398 e. The minimum Gasteiger partial charge on any atom is -0.398 e. The summed E-state index contributed by atoms with van der Waals surface area (Å²) in [6.45, 7) is 1.02. The molecule has 112 valence electrons. The zero-order chi connectivity index (χ0) is 15.5. The van der Waals surface area contributed by atoms with Gasteiger partial charge in [-0.15, -0.1) is 0 Å². The molecule has 1 aromatic carbocycles. The van der Waals surface area contributed by atoms with E-state index in [0.717, 1.165) is 6.07 Å². The van der Waals surface area contributed by atoms with E-state index in [1.807, 2.05) is 19.0 Å². The fourth-order valence-corrected chi connectivity index (χ4v) is 1.66. The molecular formula is C13H18F3N3O. The maximum absolute atomic E-state index is 12.7. The van der Waals surface area contributed by atoms with Gasteiger partial charge in [0.15, 0.2) is 0 Å². The lowest BCUT2D eigenvalue weighted by atomic mass is 10.1. The third kappa shape index (κ3) is 3.86. The number of amides is 1. The van der Waals surface area contributed by atoms with Gasteiger partial charge in [-0.05, 0) is 26.2 Å². The highest BCUT2D eigenvalue weighted by atomic mass is 19.4. The van der Waals surface area contributed by atoms with E-state index in [2.05, 4.69) is 0 Å². The summed E-state index contributed by atoms with van der Waals surface area (Å²) in [6, 6.07) is 3.36. The number of likely N-dealkylation sites (N-methyl/N-ethyl adjacent to an activating group) is 2. The second-order valence-corrected chi connectivity index (χ2v) is 4.79. The van der Waals surface area contributed by atoms with E-state index in [1.165, 1.54) is 24.1 Å². The van der Waals surface area contributed by atoms with Crippen molar-refractivity contribution >= 4 is 11.6 Å². The van der Waals surface area contributed by atoms with Crippen molar-refractivity contribution < 1.29 is 18.0 Å². The van der Waals surface area contributed by atoms with Crippen molar-refractivity contribution in [3.8, 4) is 0 Å². The first-order chi connectivity index (χ1) is 9.14. The van der Waals surface area contributed by atoms with Crippen LogP contribution in [0.15, 0.2) is 18.2 Å². The maximum atomic E-state index is 12.7. The number of carbonyl (C=O) groups is 1. The molecule has 0 heterocycles. The first-order valence-electron chi connectivity index (χ1n) is 6.00. The molecule has 0 bridgehead atoms. The molecule has 0 aliphatic rings. The van der Waals surface area contributed by atoms with Gasteiger partial charge in [0, 0.05) is 20.1 Å². The average molecular weight is 289 g/mol. The van der Waals surface area contributed by atoms with Crippen molar-refractivity contribution in [1.82, 2.24) is 9.80 Å². The largest absolute Gasteiger partial charge is 0.418 e. The number of nitrogens with zero attached hydrogens (tertiary/aromatic N) is 2. The number of alkyl halides is 3. The molecule has 20 heavy (non-hydrogen) atoms. The molecule has 7 heteroatoms. The number of carbonyl (C=O) groups excluding carboxylic acids is 1. The third-order valence-electron chi connectivity index (χ3n) is 2.87. The van der Waals surface area contributed by atoms with E-state index in [9.17, 15) is 18.0 Å². The summed E-state index contributed by atoms with van der Waals surface area (Å²) in [5.74, 6) is -0.518. The summed E-state index contributed by atoms with van der Waals surface area (Å²) in [5.41, 5.74) is 3.85. The number of rotatable bonds is 4. The van der Waals surface area contributed by atoms with Gasteiger partial charge in [-0.2, -0.15) is 13.2 Å². The fraction of sp³-hybridized carbons (Fsp3) is 0.462. The molecule has 0 unspecified atom stereocenters. The van der Waals surface area contributed by atoms with Crippen LogP contribution in [0.25, 0.3) is 0 Å². The van der Waals surface area contributed by atoms with Crippen LogP contribution in [0, 0.1) is 0 Å². The van der Waals surface area contributed by atoms with Crippen molar-refractivity contribution in [2.24, 2.45) is 0 Å². The predicted octanol–water partition coefficient (Wildman–Crippen LogP) is 1.92. The van der Waals surface area contributed by atoms with Crippen LogP contribution < -0.4 is 5.73 Å². The van der Waals surface area contributed by atoms with Gasteiger partial charge in [-0.25, -0.2) is 0 Å². The minimum atomic E-state index is -4.57. The summed E-state index contributed by atoms with van der Waals surface area (Å²) < 4.78 is 38.2.